The normalized spacial score (nSPS) is 16.0. The maximum atomic E-state index is 12.9. The zero-order chi connectivity index (χ0) is 22.3. The van der Waals surface area contributed by atoms with Crippen molar-refractivity contribution in [1.29, 1.82) is 0 Å². The third-order valence-corrected chi connectivity index (χ3v) is 6.37. The number of nitrogens with zero attached hydrogens (tertiary/aromatic N) is 1. The molecule has 0 atom stereocenters. The van der Waals surface area contributed by atoms with Crippen LogP contribution in [0.2, 0.25) is 0 Å². The monoisotopic (exact) mass is 442 g/mol. The number of allylic oxidation sites excluding steroid dienone is 8. The molecule has 4 nitrogen and oxygen atoms in total. The number of piperidine rings is 1. The Hall–Kier alpha value is -3.28. The summed E-state index contributed by atoms with van der Waals surface area (Å²) < 4.78 is 5.88. The first-order valence-corrected chi connectivity index (χ1v) is 11.6. The minimum atomic E-state index is -0.137. The number of fused-ring (bicyclic) bond motifs is 1. The zero-order valence-corrected chi connectivity index (χ0v) is 18.7. The lowest BCUT2D eigenvalue weighted by Gasteiger charge is -2.26. The van der Waals surface area contributed by atoms with Gasteiger partial charge in [-0.2, -0.15) is 0 Å². The molecule has 162 valence electrons. The summed E-state index contributed by atoms with van der Waals surface area (Å²) in [5.74, 6) is 0.967. The molecule has 1 aromatic carbocycles. The van der Waals surface area contributed by atoms with E-state index in [1.165, 1.54) is 16.9 Å². The Kier molecular flexibility index (Phi) is 7.10. The van der Waals surface area contributed by atoms with E-state index in [0.29, 0.717) is 22.4 Å². The van der Waals surface area contributed by atoms with E-state index in [4.69, 9.17) is 4.42 Å². The number of rotatable bonds is 8. The maximum Gasteiger partial charge on any atom is 0.205 e. The van der Waals surface area contributed by atoms with Crippen LogP contribution in [-0.2, 0) is 0 Å². The summed E-state index contributed by atoms with van der Waals surface area (Å²) in [6.45, 7) is 9.71. The van der Waals surface area contributed by atoms with Gasteiger partial charge >= 0.3 is 0 Å². The molecular weight excluding hydrogens is 416 g/mol. The molecule has 32 heavy (non-hydrogen) atoms. The molecule has 0 bridgehead atoms. The van der Waals surface area contributed by atoms with Gasteiger partial charge < -0.3 is 9.73 Å². The SMILES string of the molecule is C=C/C=C(/C=C/C(=O)c1csc(-c2cc3ccccc3o2)n1)C(=C/C=C)\C1CCNCC1. The molecule has 0 aliphatic carbocycles. The minimum Gasteiger partial charge on any atom is -0.454 e. The smallest absolute Gasteiger partial charge is 0.205 e. The lowest BCUT2D eigenvalue weighted by molar-refractivity contribution is 0.104. The predicted octanol–water partition coefficient (Wildman–Crippen LogP) is 6.52. The fourth-order valence-corrected chi connectivity index (χ4v) is 4.70. The maximum absolute atomic E-state index is 12.9. The van der Waals surface area contributed by atoms with Gasteiger partial charge in [-0.25, -0.2) is 4.98 Å². The van der Waals surface area contributed by atoms with Crippen molar-refractivity contribution >= 4 is 28.1 Å². The number of benzene rings is 1. The van der Waals surface area contributed by atoms with Crippen molar-refractivity contribution in [2.24, 2.45) is 5.92 Å². The van der Waals surface area contributed by atoms with Crippen LogP contribution < -0.4 is 5.32 Å². The molecule has 1 saturated heterocycles. The van der Waals surface area contributed by atoms with E-state index in [2.05, 4.69) is 23.5 Å². The van der Waals surface area contributed by atoms with Gasteiger partial charge in [0.25, 0.3) is 0 Å². The van der Waals surface area contributed by atoms with Crippen molar-refractivity contribution in [2.45, 2.75) is 12.8 Å². The van der Waals surface area contributed by atoms with E-state index in [9.17, 15) is 4.79 Å². The van der Waals surface area contributed by atoms with Gasteiger partial charge in [0.15, 0.2) is 10.8 Å². The summed E-state index contributed by atoms with van der Waals surface area (Å²) in [5.41, 5.74) is 3.39. The van der Waals surface area contributed by atoms with Gasteiger partial charge in [0.2, 0.25) is 5.78 Å². The Bertz CT molecular complexity index is 1190. The summed E-state index contributed by atoms with van der Waals surface area (Å²) in [4.78, 5) is 17.4. The van der Waals surface area contributed by atoms with Gasteiger partial charge in [0.1, 0.15) is 11.3 Å². The van der Waals surface area contributed by atoms with E-state index in [1.54, 1.807) is 17.5 Å². The highest BCUT2D eigenvalue weighted by molar-refractivity contribution is 7.13. The van der Waals surface area contributed by atoms with Crippen molar-refractivity contribution < 1.29 is 9.21 Å². The van der Waals surface area contributed by atoms with E-state index in [-0.39, 0.29) is 5.78 Å². The Morgan fingerprint density at radius 2 is 1.91 bits per heavy atom. The number of furan rings is 1. The molecule has 1 aliphatic heterocycles. The van der Waals surface area contributed by atoms with Gasteiger partial charge in [-0.05, 0) is 61.2 Å². The van der Waals surface area contributed by atoms with Crippen LogP contribution in [-0.4, -0.2) is 23.9 Å². The molecule has 5 heteroatoms. The van der Waals surface area contributed by atoms with Crippen LogP contribution >= 0.6 is 11.3 Å². The molecule has 2 aromatic heterocycles. The second-order valence-electron chi connectivity index (χ2n) is 7.62. The highest BCUT2D eigenvalue weighted by atomic mass is 32.1. The van der Waals surface area contributed by atoms with Gasteiger partial charge in [-0.3, -0.25) is 4.79 Å². The van der Waals surface area contributed by atoms with Crippen LogP contribution in [0.1, 0.15) is 23.3 Å². The summed E-state index contributed by atoms with van der Waals surface area (Å²) in [7, 11) is 0. The van der Waals surface area contributed by atoms with Crippen molar-refractivity contribution in [3.63, 3.8) is 0 Å². The van der Waals surface area contributed by atoms with Crippen molar-refractivity contribution in [1.82, 2.24) is 10.3 Å². The summed E-state index contributed by atoms with van der Waals surface area (Å²) in [6, 6.07) is 9.77. The average Bonchev–Trinajstić information content (AvgIpc) is 3.48. The number of carbonyl (C=O) groups excluding carboxylic acids is 1. The van der Waals surface area contributed by atoms with Crippen molar-refractivity contribution in [3.05, 3.63) is 102 Å². The van der Waals surface area contributed by atoms with Gasteiger partial charge in [0.05, 0.1) is 0 Å². The first-order chi connectivity index (χ1) is 15.7. The minimum absolute atomic E-state index is 0.137. The van der Waals surface area contributed by atoms with Crippen molar-refractivity contribution in [3.8, 4) is 10.8 Å². The van der Waals surface area contributed by atoms with Gasteiger partial charge in [0, 0.05) is 10.8 Å². The summed E-state index contributed by atoms with van der Waals surface area (Å²) >= 11 is 1.41. The lowest BCUT2D eigenvalue weighted by atomic mass is 9.84. The fraction of sp³-hybridized carbons (Fsp3) is 0.185. The first kappa shape index (κ1) is 21.9. The third-order valence-electron chi connectivity index (χ3n) is 5.51. The van der Waals surface area contributed by atoms with E-state index < -0.39 is 0 Å². The molecule has 3 aromatic rings. The zero-order valence-electron chi connectivity index (χ0n) is 17.9. The van der Waals surface area contributed by atoms with Crippen molar-refractivity contribution in [2.75, 3.05) is 13.1 Å². The molecule has 0 unspecified atom stereocenters. The summed E-state index contributed by atoms with van der Waals surface area (Å²) in [5, 5.41) is 6.89. The number of aromatic nitrogens is 1. The fourth-order valence-electron chi connectivity index (χ4n) is 3.94. The Labute approximate surface area is 192 Å². The summed E-state index contributed by atoms with van der Waals surface area (Å²) in [6.07, 6.45) is 13.1. The molecule has 1 fully saturated rings. The highest BCUT2D eigenvalue weighted by Gasteiger charge is 2.19. The molecule has 0 radical (unpaired) electrons. The largest absolute Gasteiger partial charge is 0.454 e. The molecule has 1 aliphatic rings. The van der Waals surface area contributed by atoms with Crippen LogP contribution in [0, 0.1) is 5.92 Å². The molecular formula is C27H26N2O2S. The Morgan fingerprint density at radius 3 is 2.66 bits per heavy atom. The van der Waals surface area contributed by atoms with E-state index in [0.717, 1.165) is 42.5 Å². The molecule has 4 rings (SSSR count). The molecule has 3 heterocycles. The third kappa shape index (κ3) is 4.96. The number of hydrogen-bond acceptors (Lipinski definition) is 5. The van der Waals surface area contributed by atoms with Crippen LogP contribution in [0.25, 0.3) is 21.7 Å². The second kappa shape index (κ2) is 10.4. The molecule has 0 spiro atoms. The Balaban J connectivity index is 1.54. The standard InChI is InChI=1S/C27H26N2O2S/c1-3-7-19(22(8-4-2)20-13-15-28-16-14-20)11-12-24(30)23-18-32-27(29-23)26-17-21-9-5-6-10-25(21)31-26/h3-12,17-18,20,28H,1-2,13-16H2/b12-11+,19-7-,22-8+. The van der Waals surface area contributed by atoms with Crippen LogP contribution in [0.15, 0.2) is 101 Å². The quantitative estimate of drug-likeness (QED) is 0.245. The number of nitrogens with one attached hydrogen (secondary N) is 1. The lowest BCUT2D eigenvalue weighted by Crippen LogP contribution is -2.28. The molecule has 0 amide bonds. The molecule has 0 saturated carbocycles. The Morgan fingerprint density at radius 1 is 1.12 bits per heavy atom. The van der Waals surface area contributed by atoms with Crippen LogP contribution in [0.5, 0.6) is 0 Å². The average molecular weight is 443 g/mol. The predicted molar refractivity (Wildman–Crippen MR) is 133 cm³/mol. The van der Waals surface area contributed by atoms with Gasteiger partial charge in [-0.15, -0.1) is 11.3 Å². The highest BCUT2D eigenvalue weighted by Crippen LogP contribution is 2.31. The van der Waals surface area contributed by atoms with E-state index in [1.807, 2.05) is 54.6 Å². The number of thiazole rings is 1. The van der Waals surface area contributed by atoms with Crippen LogP contribution in [0.4, 0.5) is 0 Å². The number of carbonyl (C=O) groups is 1. The van der Waals surface area contributed by atoms with Gasteiger partial charge in [-0.1, -0.05) is 61.7 Å². The number of hydrogen-bond donors (Lipinski definition) is 1. The van der Waals surface area contributed by atoms with Crippen LogP contribution in [0.3, 0.4) is 0 Å². The molecule has 1 N–H and O–H groups in total. The second-order valence-corrected chi connectivity index (χ2v) is 8.48. The first-order valence-electron chi connectivity index (χ1n) is 10.7. The van der Waals surface area contributed by atoms with E-state index >= 15 is 0 Å². The topological polar surface area (TPSA) is 55.1 Å². The number of para-hydroxylation sites is 1. The number of ketones is 1.